The minimum Gasteiger partial charge on any atom is -0.451 e. The Labute approximate surface area is 153 Å². The highest BCUT2D eigenvalue weighted by Crippen LogP contribution is 2.29. The molecule has 124 valence electrons. The van der Waals surface area contributed by atoms with Gasteiger partial charge in [-0.25, -0.2) is 0 Å². The van der Waals surface area contributed by atoms with Crippen LogP contribution in [-0.4, -0.2) is 10.9 Å². The molecule has 0 spiro atoms. The van der Waals surface area contributed by atoms with E-state index in [1.807, 2.05) is 62.4 Å². The van der Waals surface area contributed by atoms with Crippen molar-refractivity contribution in [1.29, 1.82) is 0 Å². The number of para-hydroxylation sites is 1. The van der Waals surface area contributed by atoms with E-state index in [0.717, 1.165) is 32.0 Å². The second-order valence-corrected chi connectivity index (χ2v) is 6.90. The molecule has 4 aromatic rings. The third-order valence-corrected chi connectivity index (χ3v) is 4.71. The number of pyridine rings is 1. The summed E-state index contributed by atoms with van der Waals surface area (Å²) in [6.45, 7) is 3.82. The van der Waals surface area contributed by atoms with Crippen LogP contribution in [0.2, 0.25) is 0 Å². The number of aromatic nitrogens is 1. The van der Waals surface area contributed by atoms with Crippen LogP contribution in [0.3, 0.4) is 0 Å². The van der Waals surface area contributed by atoms with Gasteiger partial charge in [-0.05, 0) is 44.2 Å². The largest absolute Gasteiger partial charge is 0.451 e. The first-order valence-corrected chi connectivity index (χ1v) is 8.68. The van der Waals surface area contributed by atoms with Crippen LogP contribution in [0.4, 0.5) is 5.69 Å². The van der Waals surface area contributed by atoms with Crippen molar-refractivity contribution in [1.82, 2.24) is 4.98 Å². The Bertz CT molecular complexity index is 1130. The number of nitrogens with zero attached hydrogens (tertiary/aromatic N) is 1. The van der Waals surface area contributed by atoms with Gasteiger partial charge in [0, 0.05) is 26.5 Å². The monoisotopic (exact) mass is 394 g/mol. The molecule has 5 heteroatoms. The van der Waals surface area contributed by atoms with Gasteiger partial charge in [0.2, 0.25) is 0 Å². The van der Waals surface area contributed by atoms with Crippen LogP contribution in [-0.2, 0) is 0 Å². The molecule has 0 fully saturated rings. The molecular weight excluding hydrogens is 380 g/mol. The van der Waals surface area contributed by atoms with E-state index in [4.69, 9.17) is 4.42 Å². The van der Waals surface area contributed by atoms with Crippen LogP contribution in [0.5, 0.6) is 0 Å². The number of carbonyl (C=O) groups excluding carboxylic acids is 1. The van der Waals surface area contributed by atoms with Gasteiger partial charge in [0.05, 0.1) is 11.2 Å². The standard InChI is InChI=1S/C20H15BrN2O2/c1-11-6-7-13-4-3-5-16(18(13)22-11)23-20(24)19-12(2)15-9-8-14(21)10-17(15)25-19/h3-10H,1-2H3,(H,23,24). The molecule has 25 heavy (non-hydrogen) atoms. The van der Waals surface area contributed by atoms with Crippen molar-refractivity contribution >= 4 is 49.4 Å². The van der Waals surface area contributed by atoms with Crippen molar-refractivity contribution in [2.24, 2.45) is 0 Å². The van der Waals surface area contributed by atoms with E-state index in [1.54, 1.807) is 0 Å². The number of carbonyl (C=O) groups is 1. The van der Waals surface area contributed by atoms with Crippen molar-refractivity contribution in [2.45, 2.75) is 13.8 Å². The molecule has 4 nitrogen and oxygen atoms in total. The zero-order valence-electron chi connectivity index (χ0n) is 13.8. The summed E-state index contributed by atoms with van der Waals surface area (Å²) in [6.07, 6.45) is 0. The zero-order chi connectivity index (χ0) is 17.6. The number of fused-ring (bicyclic) bond motifs is 2. The van der Waals surface area contributed by atoms with Crippen molar-refractivity contribution in [2.75, 3.05) is 5.32 Å². The third kappa shape index (κ3) is 2.81. The summed E-state index contributed by atoms with van der Waals surface area (Å²) >= 11 is 3.42. The number of hydrogen-bond donors (Lipinski definition) is 1. The van der Waals surface area contributed by atoms with E-state index in [-0.39, 0.29) is 5.91 Å². The number of rotatable bonds is 2. The Morgan fingerprint density at radius 1 is 1.12 bits per heavy atom. The molecule has 2 heterocycles. The van der Waals surface area contributed by atoms with E-state index < -0.39 is 0 Å². The van der Waals surface area contributed by atoms with Crippen molar-refractivity contribution in [3.63, 3.8) is 0 Å². The maximum absolute atomic E-state index is 12.8. The summed E-state index contributed by atoms with van der Waals surface area (Å²) in [6, 6.07) is 15.4. The molecule has 0 saturated heterocycles. The quantitative estimate of drug-likeness (QED) is 0.480. The lowest BCUT2D eigenvalue weighted by atomic mass is 10.1. The normalized spacial score (nSPS) is 11.2. The van der Waals surface area contributed by atoms with Crippen LogP contribution in [0.1, 0.15) is 21.8 Å². The van der Waals surface area contributed by atoms with Crippen LogP contribution in [0.25, 0.3) is 21.9 Å². The smallest absolute Gasteiger partial charge is 0.291 e. The summed E-state index contributed by atoms with van der Waals surface area (Å²) in [7, 11) is 0. The van der Waals surface area contributed by atoms with Crippen molar-refractivity contribution in [3.8, 4) is 0 Å². The molecule has 0 unspecified atom stereocenters. The first-order chi connectivity index (χ1) is 12.0. The highest BCUT2D eigenvalue weighted by molar-refractivity contribution is 9.10. The Morgan fingerprint density at radius 2 is 1.96 bits per heavy atom. The molecule has 1 N–H and O–H groups in total. The van der Waals surface area contributed by atoms with Gasteiger partial charge in [-0.3, -0.25) is 9.78 Å². The molecule has 2 aromatic carbocycles. The second-order valence-electron chi connectivity index (χ2n) is 5.98. The molecule has 2 aromatic heterocycles. The predicted octanol–water partition coefficient (Wildman–Crippen LogP) is 5.61. The lowest BCUT2D eigenvalue weighted by Gasteiger charge is -2.08. The number of nitrogens with one attached hydrogen (secondary N) is 1. The van der Waals surface area contributed by atoms with Crippen LogP contribution in [0, 0.1) is 13.8 Å². The van der Waals surface area contributed by atoms with Gasteiger partial charge in [0.25, 0.3) is 5.91 Å². The third-order valence-electron chi connectivity index (χ3n) is 4.21. The van der Waals surface area contributed by atoms with Gasteiger partial charge in [-0.15, -0.1) is 0 Å². The molecule has 0 saturated carbocycles. The van der Waals surface area contributed by atoms with Gasteiger partial charge in [0.1, 0.15) is 5.58 Å². The van der Waals surface area contributed by atoms with E-state index in [1.165, 1.54) is 0 Å². The summed E-state index contributed by atoms with van der Waals surface area (Å²) in [5.41, 5.74) is 3.85. The van der Waals surface area contributed by atoms with E-state index in [2.05, 4.69) is 26.2 Å². The number of benzene rings is 2. The lowest BCUT2D eigenvalue weighted by molar-refractivity contribution is 0.0998. The molecule has 0 bridgehead atoms. The van der Waals surface area contributed by atoms with Crippen molar-refractivity contribution < 1.29 is 9.21 Å². The molecule has 0 radical (unpaired) electrons. The number of halogens is 1. The first-order valence-electron chi connectivity index (χ1n) is 7.89. The summed E-state index contributed by atoms with van der Waals surface area (Å²) in [4.78, 5) is 17.3. The maximum Gasteiger partial charge on any atom is 0.291 e. The fourth-order valence-electron chi connectivity index (χ4n) is 2.94. The summed E-state index contributed by atoms with van der Waals surface area (Å²) in [5.74, 6) is 0.0402. The Hall–Kier alpha value is -2.66. The maximum atomic E-state index is 12.8. The molecule has 4 rings (SSSR count). The first kappa shape index (κ1) is 15.8. The SMILES string of the molecule is Cc1ccc2cccc(NC(=O)c3oc4cc(Br)ccc4c3C)c2n1. The number of amides is 1. The Balaban J connectivity index is 1.76. The molecule has 0 aliphatic heterocycles. The van der Waals surface area contributed by atoms with Crippen LogP contribution >= 0.6 is 15.9 Å². The number of anilines is 1. The predicted molar refractivity (Wildman–Crippen MR) is 103 cm³/mol. The number of furan rings is 1. The minimum atomic E-state index is -0.277. The average molecular weight is 395 g/mol. The van der Waals surface area contributed by atoms with E-state index in [0.29, 0.717) is 17.0 Å². The Kier molecular flexibility index (Phi) is 3.81. The van der Waals surface area contributed by atoms with Crippen molar-refractivity contribution in [3.05, 3.63) is 70.0 Å². The van der Waals surface area contributed by atoms with Crippen LogP contribution in [0.15, 0.2) is 57.4 Å². The lowest BCUT2D eigenvalue weighted by Crippen LogP contribution is -2.12. The summed E-state index contributed by atoms with van der Waals surface area (Å²) in [5, 5.41) is 4.85. The molecule has 0 aliphatic carbocycles. The highest BCUT2D eigenvalue weighted by Gasteiger charge is 2.19. The van der Waals surface area contributed by atoms with E-state index >= 15 is 0 Å². The minimum absolute atomic E-state index is 0.277. The average Bonchev–Trinajstić information content (AvgIpc) is 2.91. The fourth-order valence-corrected chi connectivity index (χ4v) is 3.28. The van der Waals surface area contributed by atoms with E-state index in [9.17, 15) is 4.79 Å². The van der Waals surface area contributed by atoms with Gasteiger partial charge in [-0.1, -0.05) is 34.1 Å². The molecule has 0 atom stereocenters. The topological polar surface area (TPSA) is 55.1 Å². The van der Waals surface area contributed by atoms with Gasteiger partial charge >= 0.3 is 0 Å². The van der Waals surface area contributed by atoms with Gasteiger partial charge in [0.15, 0.2) is 5.76 Å². The molecular formula is C20H15BrN2O2. The van der Waals surface area contributed by atoms with Gasteiger partial charge < -0.3 is 9.73 Å². The second kappa shape index (κ2) is 6.01. The van der Waals surface area contributed by atoms with Crippen LogP contribution < -0.4 is 5.32 Å². The number of aryl methyl sites for hydroxylation is 2. The zero-order valence-corrected chi connectivity index (χ0v) is 15.3. The number of hydrogen-bond acceptors (Lipinski definition) is 3. The Morgan fingerprint density at radius 3 is 2.80 bits per heavy atom. The molecule has 0 aliphatic rings. The highest BCUT2D eigenvalue weighted by atomic mass is 79.9. The fraction of sp³-hybridized carbons (Fsp3) is 0.100. The summed E-state index contributed by atoms with van der Waals surface area (Å²) < 4.78 is 6.70. The molecule has 1 amide bonds. The van der Waals surface area contributed by atoms with Gasteiger partial charge in [-0.2, -0.15) is 0 Å².